The highest BCUT2D eigenvalue weighted by Gasteiger charge is 2.03. The third-order valence-corrected chi connectivity index (χ3v) is 2.77. The van der Waals surface area contributed by atoms with E-state index in [9.17, 15) is 9.18 Å². The summed E-state index contributed by atoms with van der Waals surface area (Å²) >= 11 is 1.33. The zero-order chi connectivity index (χ0) is 13.4. The van der Waals surface area contributed by atoms with Crippen LogP contribution in [-0.2, 0) is 11.2 Å². The third-order valence-electron chi connectivity index (χ3n) is 2.16. The van der Waals surface area contributed by atoms with Crippen LogP contribution in [0.3, 0.4) is 0 Å². The van der Waals surface area contributed by atoms with Gasteiger partial charge in [0.1, 0.15) is 5.82 Å². The van der Waals surface area contributed by atoms with E-state index in [1.165, 1.54) is 31.0 Å². The van der Waals surface area contributed by atoms with Crippen molar-refractivity contribution >= 4 is 23.0 Å². The third kappa shape index (κ3) is 5.18. The maximum atomic E-state index is 12.7. The van der Waals surface area contributed by atoms with Crippen molar-refractivity contribution in [1.29, 1.82) is 0 Å². The highest BCUT2D eigenvalue weighted by atomic mass is 32.2. The SMILES string of the molecule is COC(=O)NC(=NCCc1ccc(F)cc1)SC. The van der Waals surface area contributed by atoms with Gasteiger partial charge in [-0.05, 0) is 30.4 Å². The fraction of sp³-hybridized carbons (Fsp3) is 0.333. The van der Waals surface area contributed by atoms with Gasteiger partial charge >= 0.3 is 6.09 Å². The summed E-state index contributed by atoms with van der Waals surface area (Å²) in [7, 11) is 1.30. The topological polar surface area (TPSA) is 50.7 Å². The Bertz CT molecular complexity index is 421. The van der Waals surface area contributed by atoms with Gasteiger partial charge in [0.05, 0.1) is 7.11 Å². The van der Waals surface area contributed by atoms with Crippen LogP contribution < -0.4 is 5.32 Å². The zero-order valence-electron chi connectivity index (χ0n) is 10.3. The number of hydrogen-bond acceptors (Lipinski definition) is 4. The van der Waals surface area contributed by atoms with Crippen molar-refractivity contribution in [1.82, 2.24) is 5.32 Å². The van der Waals surface area contributed by atoms with Crippen molar-refractivity contribution < 1.29 is 13.9 Å². The van der Waals surface area contributed by atoms with Gasteiger partial charge < -0.3 is 4.74 Å². The molecule has 0 aliphatic heterocycles. The molecule has 0 saturated heterocycles. The summed E-state index contributed by atoms with van der Waals surface area (Å²) in [6, 6.07) is 6.27. The Labute approximate surface area is 110 Å². The summed E-state index contributed by atoms with van der Waals surface area (Å²) in [4.78, 5) is 15.2. The molecule has 0 fully saturated rings. The van der Waals surface area contributed by atoms with Crippen molar-refractivity contribution in [2.45, 2.75) is 6.42 Å². The minimum atomic E-state index is -0.537. The van der Waals surface area contributed by atoms with Crippen molar-refractivity contribution in [3.05, 3.63) is 35.6 Å². The number of alkyl carbamates (subject to hydrolysis) is 1. The Morgan fingerprint density at radius 3 is 2.67 bits per heavy atom. The molecule has 0 unspecified atom stereocenters. The average Bonchev–Trinajstić information content (AvgIpc) is 2.39. The average molecular weight is 270 g/mol. The quantitative estimate of drug-likeness (QED) is 0.678. The smallest absolute Gasteiger partial charge is 0.412 e. The van der Waals surface area contributed by atoms with Gasteiger partial charge in [-0.15, -0.1) is 0 Å². The molecule has 98 valence electrons. The van der Waals surface area contributed by atoms with Crippen LogP contribution in [0.5, 0.6) is 0 Å². The first-order valence-electron chi connectivity index (χ1n) is 5.33. The number of methoxy groups -OCH3 is 1. The molecular weight excluding hydrogens is 255 g/mol. The van der Waals surface area contributed by atoms with E-state index in [1.807, 2.05) is 6.26 Å². The molecule has 6 heteroatoms. The molecule has 0 heterocycles. The van der Waals surface area contributed by atoms with E-state index in [0.29, 0.717) is 18.1 Å². The van der Waals surface area contributed by atoms with Crippen LogP contribution >= 0.6 is 11.8 Å². The fourth-order valence-corrected chi connectivity index (χ4v) is 1.64. The summed E-state index contributed by atoms with van der Waals surface area (Å²) in [5, 5.41) is 3.01. The maximum Gasteiger partial charge on any atom is 0.412 e. The number of benzene rings is 1. The van der Waals surface area contributed by atoms with E-state index < -0.39 is 6.09 Å². The first-order chi connectivity index (χ1) is 8.65. The van der Waals surface area contributed by atoms with Crippen LogP contribution in [0.25, 0.3) is 0 Å². The van der Waals surface area contributed by atoms with Gasteiger partial charge in [-0.2, -0.15) is 0 Å². The number of amidine groups is 1. The Morgan fingerprint density at radius 1 is 1.44 bits per heavy atom. The lowest BCUT2D eigenvalue weighted by molar-refractivity contribution is 0.177. The predicted octanol–water partition coefficient (Wildman–Crippen LogP) is 2.44. The number of carbonyl (C=O) groups excluding carboxylic acids is 1. The number of nitrogens with zero attached hydrogens (tertiary/aromatic N) is 1. The summed E-state index contributed by atoms with van der Waals surface area (Å²) in [6.07, 6.45) is 1.96. The summed E-state index contributed by atoms with van der Waals surface area (Å²) in [6.45, 7) is 0.520. The van der Waals surface area contributed by atoms with Crippen molar-refractivity contribution in [2.24, 2.45) is 4.99 Å². The van der Waals surface area contributed by atoms with Gasteiger partial charge in [0, 0.05) is 6.54 Å². The van der Waals surface area contributed by atoms with Crippen LogP contribution in [0.15, 0.2) is 29.3 Å². The van der Waals surface area contributed by atoms with E-state index in [-0.39, 0.29) is 5.82 Å². The molecule has 0 radical (unpaired) electrons. The number of nitrogens with one attached hydrogen (secondary N) is 1. The molecule has 1 amide bonds. The molecule has 1 aromatic carbocycles. The lowest BCUT2D eigenvalue weighted by Gasteiger charge is -2.04. The Kier molecular flexibility index (Phi) is 6.21. The van der Waals surface area contributed by atoms with Gasteiger partial charge in [-0.25, -0.2) is 9.18 Å². The summed E-state index contributed by atoms with van der Waals surface area (Å²) in [5.41, 5.74) is 0.999. The molecule has 1 aromatic rings. The summed E-state index contributed by atoms with van der Waals surface area (Å²) in [5.74, 6) is -0.251. The Balaban J connectivity index is 2.46. The number of thioether (sulfide) groups is 1. The van der Waals surface area contributed by atoms with Crippen molar-refractivity contribution in [2.75, 3.05) is 19.9 Å². The van der Waals surface area contributed by atoms with Gasteiger partial charge in [0.15, 0.2) is 5.17 Å². The Hall–Kier alpha value is -1.56. The molecule has 0 aliphatic rings. The van der Waals surface area contributed by atoms with Gasteiger partial charge in [0.2, 0.25) is 0 Å². The van der Waals surface area contributed by atoms with Crippen LogP contribution in [-0.4, -0.2) is 31.2 Å². The number of amides is 1. The zero-order valence-corrected chi connectivity index (χ0v) is 11.1. The highest BCUT2D eigenvalue weighted by molar-refractivity contribution is 8.13. The number of aliphatic imine (C=N–C) groups is 1. The molecule has 0 bridgehead atoms. The van der Waals surface area contributed by atoms with Crippen LogP contribution in [0.2, 0.25) is 0 Å². The molecule has 4 nitrogen and oxygen atoms in total. The second-order valence-corrected chi connectivity index (χ2v) is 4.18. The molecule has 0 spiro atoms. The maximum absolute atomic E-state index is 12.7. The van der Waals surface area contributed by atoms with E-state index in [0.717, 1.165) is 5.56 Å². The van der Waals surface area contributed by atoms with Gasteiger partial charge in [0.25, 0.3) is 0 Å². The van der Waals surface area contributed by atoms with Crippen LogP contribution in [0.4, 0.5) is 9.18 Å². The monoisotopic (exact) mass is 270 g/mol. The fourth-order valence-electron chi connectivity index (χ4n) is 1.23. The molecule has 18 heavy (non-hydrogen) atoms. The minimum absolute atomic E-state index is 0.251. The van der Waals surface area contributed by atoms with Crippen molar-refractivity contribution in [3.63, 3.8) is 0 Å². The van der Waals surface area contributed by atoms with E-state index in [1.54, 1.807) is 12.1 Å². The number of halogens is 1. The lowest BCUT2D eigenvalue weighted by atomic mass is 10.1. The molecule has 0 saturated carbocycles. The molecule has 1 rings (SSSR count). The molecule has 0 aliphatic carbocycles. The lowest BCUT2D eigenvalue weighted by Crippen LogP contribution is -2.28. The van der Waals surface area contributed by atoms with E-state index in [2.05, 4.69) is 15.0 Å². The molecule has 1 N–H and O–H groups in total. The first-order valence-corrected chi connectivity index (χ1v) is 6.56. The number of carbonyl (C=O) groups is 1. The number of ether oxygens (including phenoxy) is 1. The second kappa shape index (κ2) is 7.71. The first kappa shape index (κ1) is 14.5. The van der Waals surface area contributed by atoms with Crippen LogP contribution in [0, 0.1) is 5.82 Å². The standard InChI is InChI=1S/C12H15FN2O2S/c1-17-12(16)15-11(18-2)14-8-7-9-3-5-10(13)6-4-9/h3-6H,7-8H2,1-2H3,(H,14,15,16). The van der Waals surface area contributed by atoms with Gasteiger partial charge in [-0.3, -0.25) is 10.3 Å². The summed E-state index contributed by atoms with van der Waals surface area (Å²) < 4.78 is 17.2. The molecular formula is C12H15FN2O2S. The minimum Gasteiger partial charge on any atom is -0.453 e. The second-order valence-electron chi connectivity index (χ2n) is 3.38. The molecule has 0 atom stereocenters. The van der Waals surface area contributed by atoms with Crippen molar-refractivity contribution in [3.8, 4) is 0 Å². The van der Waals surface area contributed by atoms with E-state index in [4.69, 9.17) is 0 Å². The number of hydrogen-bond donors (Lipinski definition) is 1. The predicted molar refractivity (Wildman–Crippen MR) is 71.5 cm³/mol. The largest absolute Gasteiger partial charge is 0.453 e. The highest BCUT2D eigenvalue weighted by Crippen LogP contribution is 2.04. The van der Waals surface area contributed by atoms with E-state index >= 15 is 0 Å². The Morgan fingerprint density at radius 2 is 2.11 bits per heavy atom. The normalized spacial score (nSPS) is 11.2. The van der Waals surface area contributed by atoms with Gasteiger partial charge in [-0.1, -0.05) is 23.9 Å². The molecule has 0 aromatic heterocycles. The van der Waals surface area contributed by atoms with Crippen LogP contribution in [0.1, 0.15) is 5.56 Å². The number of rotatable bonds is 3.